The van der Waals surface area contributed by atoms with Gasteiger partial charge in [-0.2, -0.15) is 0 Å². The van der Waals surface area contributed by atoms with E-state index in [0.717, 1.165) is 36.1 Å². The average molecular weight is 346 g/mol. The molecule has 5 atom stereocenters. The number of aliphatic hydroxyl groups excluding tert-OH is 1. The number of esters is 1. The molecule has 5 heteroatoms. The molecule has 1 aromatic heterocycles. The van der Waals surface area contributed by atoms with Gasteiger partial charge in [0, 0.05) is 17.4 Å². The molecule has 136 valence electrons. The highest BCUT2D eigenvalue weighted by Gasteiger charge is 2.75. The van der Waals surface area contributed by atoms with E-state index in [4.69, 9.17) is 13.9 Å². The zero-order chi connectivity index (χ0) is 18.0. The zero-order valence-electron chi connectivity index (χ0n) is 15.3. The van der Waals surface area contributed by atoms with Gasteiger partial charge >= 0.3 is 5.97 Å². The molecule has 3 aliphatic rings. The molecule has 4 rings (SSSR count). The highest BCUT2D eigenvalue weighted by molar-refractivity contribution is 5.88. The highest BCUT2D eigenvalue weighted by atomic mass is 16.6. The predicted octanol–water partition coefficient (Wildman–Crippen LogP) is 3.24. The van der Waals surface area contributed by atoms with Crippen LogP contribution in [0.1, 0.15) is 56.6 Å². The van der Waals surface area contributed by atoms with Crippen LogP contribution in [0.4, 0.5) is 0 Å². The molecule has 0 amide bonds. The van der Waals surface area contributed by atoms with Crippen LogP contribution in [0.3, 0.4) is 0 Å². The molecular weight excluding hydrogens is 320 g/mol. The Kier molecular flexibility index (Phi) is 3.68. The minimum Gasteiger partial charge on any atom is -0.469 e. The third-order valence-electron chi connectivity index (χ3n) is 6.95. The average Bonchev–Trinajstić information content (AvgIpc) is 3.19. The summed E-state index contributed by atoms with van der Waals surface area (Å²) >= 11 is 0. The van der Waals surface area contributed by atoms with Gasteiger partial charge in [-0.3, -0.25) is 0 Å². The summed E-state index contributed by atoms with van der Waals surface area (Å²) in [6, 6.07) is 0. The van der Waals surface area contributed by atoms with Crippen molar-refractivity contribution in [2.75, 3.05) is 6.61 Å². The molecule has 2 aliphatic carbocycles. The van der Waals surface area contributed by atoms with Crippen LogP contribution in [-0.4, -0.2) is 29.4 Å². The van der Waals surface area contributed by atoms with Crippen LogP contribution in [0, 0.1) is 18.3 Å². The summed E-state index contributed by atoms with van der Waals surface area (Å²) < 4.78 is 18.0. The number of aliphatic hydroxyl groups is 1. The molecule has 0 unspecified atom stereocenters. The third-order valence-corrected chi connectivity index (χ3v) is 6.95. The largest absolute Gasteiger partial charge is 0.469 e. The van der Waals surface area contributed by atoms with Crippen LogP contribution in [0.5, 0.6) is 0 Å². The van der Waals surface area contributed by atoms with E-state index in [2.05, 4.69) is 13.8 Å². The molecule has 2 heterocycles. The van der Waals surface area contributed by atoms with E-state index < -0.39 is 12.1 Å². The van der Waals surface area contributed by atoms with Gasteiger partial charge in [0.25, 0.3) is 0 Å². The maximum atomic E-state index is 12.6. The molecule has 5 nitrogen and oxygen atoms in total. The van der Waals surface area contributed by atoms with Gasteiger partial charge in [0.2, 0.25) is 0 Å². The monoisotopic (exact) mass is 346 g/mol. The fourth-order valence-corrected chi connectivity index (χ4v) is 5.10. The van der Waals surface area contributed by atoms with Crippen LogP contribution in [-0.2, 0) is 20.7 Å². The fourth-order valence-electron chi connectivity index (χ4n) is 5.10. The van der Waals surface area contributed by atoms with Gasteiger partial charge < -0.3 is 19.0 Å². The second-order valence-corrected chi connectivity index (χ2v) is 7.95. The Balaban J connectivity index is 1.81. The molecule has 1 N–H and O–H groups in total. The van der Waals surface area contributed by atoms with Gasteiger partial charge in [-0.1, -0.05) is 19.9 Å². The number of hydrogen-bond acceptors (Lipinski definition) is 5. The van der Waals surface area contributed by atoms with Crippen molar-refractivity contribution in [3.63, 3.8) is 0 Å². The van der Waals surface area contributed by atoms with Crippen molar-refractivity contribution < 1.29 is 23.8 Å². The number of carbonyl (C=O) groups is 1. The van der Waals surface area contributed by atoms with Crippen molar-refractivity contribution in [2.45, 2.75) is 64.8 Å². The van der Waals surface area contributed by atoms with E-state index >= 15 is 0 Å². The Hall–Kier alpha value is -1.59. The molecule has 1 aliphatic heterocycles. The molecular formula is C20H26O5. The van der Waals surface area contributed by atoms with Crippen molar-refractivity contribution in [3.8, 4) is 0 Å². The lowest BCUT2D eigenvalue weighted by molar-refractivity contribution is -0.164. The highest BCUT2D eigenvalue weighted by Crippen LogP contribution is 2.69. The molecule has 25 heavy (non-hydrogen) atoms. The number of rotatable bonds is 3. The fraction of sp³-hybridized carbons (Fsp3) is 0.650. The molecule has 2 fully saturated rings. The summed E-state index contributed by atoms with van der Waals surface area (Å²) in [7, 11) is 0. The van der Waals surface area contributed by atoms with Crippen molar-refractivity contribution in [1.29, 1.82) is 0 Å². The zero-order valence-corrected chi connectivity index (χ0v) is 15.3. The van der Waals surface area contributed by atoms with E-state index in [1.54, 1.807) is 19.3 Å². The smallest absolute Gasteiger partial charge is 0.336 e. The SMILES string of the molecule is C/C=C(/CO)C(=O)O[C@@H]1c2c(C)coc2C[C@@]23O[C@@H]2CC[C@H](C)[C@@]13C. The number of ether oxygens (including phenoxy) is 2. The quantitative estimate of drug-likeness (QED) is 0.517. The first kappa shape index (κ1) is 16.9. The number of furan rings is 1. The number of allylic oxidation sites excluding steroid dienone is 1. The Morgan fingerprint density at radius 3 is 2.92 bits per heavy atom. The predicted molar refractivity (Wildman–Crippen MR) is 90.9 cm³/mol. The second kappa shape index (κ2) is 5.45. The third kappa shape index (κ3) is 2.05. The Morgan fingerprint density at radius 1 is 1.48 bits per heavy atom. The summed E-state index contributed by atoms with van der Waals surface area (Å²) in [6.45, 7) is 7.82. The first-order valence-corrected chi connectivity index (χ1v) is 9.10. The van der Waals surface area contributed by atoms with Gasteiger partial charge in [-0.05, 0) is 38.2 Å². The van der Waals surface area contributed by atoms with Gasteiger partial charge in [0.15, 0.2) is 0 Å². The molecule has 1 aromatic rings. The maximum absolute atomic E-state index is 12.6. The molecule has 1 spiro atoms. The Labute approximate surface area is 148 Å². The van der Waals surface area contributed by atoms with Crippen molar-refractivity contribution in [3.05, 3.63) is 34.8 Å². The number of hydrogen-bond donors (Lipinski definition) is 1. The topological polar surface area (TPSA) is 72.2 Å². The van der Waals surface area contributed by atoms with Crippen LogP contribution in [0.15, 0.2) is 22.3 Å². The number of carbonyl (C=O) groups excluding carboxylic acids is 1. The van der Waals surface area contributed by atoms with Crippen molar-refractivity contribution in [2.24, 2.45) is 11.3 Å². The first-order valence-electron chi connectivity index (χ1n) is 9.10. The normalized spacial score (nSPS) is 39.2. The standard InChI is InChI=1S/C20H26O5/c1-5-13(9-21)18(22)24-17-16-11(2)10-23-14(16)8-20-15(25-20)7-6-12(3)19(17,20)4/h5,10,12,15,17,21H,6-9H2,1-4H3/b13-5-/t12-,15+,17+,19-,20+/m0/s1. The van der Waals surface area contributed by atoms with E-state index in [1.165, 1.54) is 0 Å². The van der Waals surface area contributed by atoms with Crippen LogP contribution >= 0.6 is 0 Å². The lowest BCUT2D eigenvalue weighted by Crippen LogP contribution is -2.54. The lowest BCUT2D eigenvalue weighted by Gasteiger charge is -2.50. The molecule has 0 bridgehead atoms. The lowest BCUT2D eigenvalue weighted by atomic mass is 9.53. The minimum absolute atomic E-state index is 0.215. The minimum atomic E-state index is -0.463. The van der Waals surface area contributed by atoms with Crippen molar-refractivity contribution >= 4 is 5.97 Å². The molecule has 0 aromatic carbocycles. The molecule has 1 saturated carbocycles. The Bertz CT molecular complexity index is 747. The van der Waals surface area contributed by atoms with Gasteiger partial charge in [0.1, 0.15) is 17.5 Å². The van der Waals surface area contributed by atoms with Gasteiger partial charge in [-0.25, -0.2) is 4.79 Å². The van der Waals surface area contributed by atoms with E-state index in [9.17, 15) is 9.90 Å². The number of aryl methyl sites for hydroxylation is 1. The van der Waals surface area contributed by atoms with E-state index in [-0.39, 0.29) is 29.3 Å². The van der Waals surface area contributed by atoms with Crippen molar-refractivity contribution in [1.82, 2.24) is 0 Å². The van der Waals surface area contributed by atoms with Crippen LogP contribution in [0.25, 0.3) is 0 Å². The number of fused-ring (bicyclic) bond motifs is 1. The second-order valence-electron chi connectivity index (χ2n) is 7.95. The Morgan fingerprint density at radius 2 is 2.24 bits per heavy atom. The summed E-state index contributed by atoms with van der Waals surface area (Å²) in [5, 5.41) is 9.43. The number of epoxide rings is 1. The summed E-state index contributed by atoms with van der Waals surface area (Å²) in [6.07, 6.45) is 5.98. The summed E-state index contributed by atoms with van der Waals surface area (Å²) in [5.41, 5.74) is 1.66. The van der Waals surface area contributed by atoms with Gasteiger partial charge in [-0.15, -0.1) is 0 Å². The van der Waals surface area contributed by atoms with E-state index in [1.807, 2.05) is 6.92 Å². The van der Waals surface area contributed by atoms with Gasteiger partial charge in [0.05, 0.1) is 24.5 Å². The van der Waals surface area contributed by atoms with Crippen LogP contribution in [0.2, 0.25) is 0 Å². The van der Waals surface area contributed by atoms with Crippen LogP contribution < -0.4 is 0 Å². The maximum Gasteiger partial charge on any atom is 0.336 e. The first-order chi connectivity index (χ1) is 11.9. The molecule has 1 saturated heterocycles. The summed E-state index contributed by atoms with van der Waals surface area (Å²) in [4.78, 5) is 12.6. The molecule has 0 radical (unpaired) electrons. The summed E-state index contributed by atoms with van der Waals surface area (Å²) in [5.74, 6) is 0.764. The van der Waals surface area contributed by atoms with E-state index in [0.29, 0.717) is 5.92 Å².